The molecule has 0 radical (unpaired) electrons. The van der Waals surface area contributed by atoms with Gasteiger partial charge in [-0.2, -0.15) is 4.55 Å². The minimum absolute atomic E-state index is 0.0649. The van der Waals surface area contributed by atoms with E-state index in [2.05, 4.69) is 4.72 Å². The van der Waals surface area contributed by atoms with E-state index in [0.717, 1.165) is 5.56 Å². The number of aryl methyl sites for hydroxylation is 1. The molecule has 4 atom stereocenters. The Morgan fingerprint density at radius 2 is 1.97 bits per heavy atom. The predicted molar refractivity (Wildman–Crippen MR) is 128 cm³/mol. The van der Waals surface area contributed by atoms with Crippen molar-refractivity contribution in [3.8, 4) is 11.1 Å². The first-order chi connectivity index (χ1) is 16.0. The fourth-order valence-electron chi connectivity index (χ4n) is 4.78. The molecule has 0 aromatic heterocycles. The smallest absolute Gasteiger partial charge is 0.288 e. The maximum atomic E-state index is 15.6. The number of carbonyl (C=O) groups excluding carboxylic acids is 1. The number of likely N-dealkylation sites (tertiary alicyclic amines) is 1. The van der Waals surface area contributed by atoms with E-state index in [0.29, 0.717) is 17.5 Å². The molecule has 1 heterocycles. The molecule has 1 amide bonds. The van der Waals surface area contributed by atoms with Crippen LogP contribution in [0, 0.1) is 12.7 Å². The van der Waals surface area contributed by atoms with Gasteiger partial charge in [-0.3, -0.25) is 4.79 Å². The molecular weight excluding hydrogens is 462 g/mol. The Hall–Kier alpha value is -2.20. The van der Waals surface area contributed by atoms with E-state index in [1.54, 1.807) is 24.3 Å². The highest BCUT2D eigenvalue weighted by Gasteiger charge is 2.54. The fourth-order valence-corrected chi connectivity index (χ4v) is 5.68. The molecule has 1 saturated heterocycles. The number of benzene rings is 2. The van der Waals surface area contributed by atoms with Crippen molar-refractivity contribution < 1.29 is 27.4 Å². The Morgan fingerprint density at radius 1 is 1.26 bits per heavy atom. The second kappa shape index (κ2) is 9.45. The summed E-state index contributed by atoms with van der Waals surface area (Å²) in [5.74, 6) is -1.23. The number of halogens is 2. The molecule has 2 aromatic rings. The van der Waals surface area contributed by atoms with Crippen molar-refractivity contribution in [2.75, 3.05) is 12.3 Å². The SMILES string of the molecule is CC[S+](=O)(O)N[C@H]1[C@@H](F)CN(C(=O)C2(O)CCC2)[C@H]1Cc1cccc(-c2cccc(C)c2)c1F. The van der Waals surface area contributed by atoms with Crippen molar-refractivity contribution in [2.24, 2.45) is 0 Å². The van der Waals surface area contributed by atoms with Gasteiger partial charge in [0.25, 0.3) is 16.3 Å². The van der Waals surface area contributed by atoms with Gasteiger partial charge in [0.1, 0.15) is 23.6 Å². The lowest BCUT2D eigenvalue weighted by atomic mass is 9.79. The molecule has 34 heavy (non-hydrogen) atoms. The van der Waals surface area contributed by atoms with Crippen LogP contribution in [0.3, 0.4) is 0 Å². The molecule has 1 unspecified atom stereocenters. The average molecular weight is 494 g/mol. The normalized spacial score (nSPS) is 25.6. The standard InChI is InChI=1S/C25H30F2N2O4S/c1-3-34(32,33)28-23-20(26)15-29(24(30)25(31)11-6-12-25)21(23)14-18-9-5-10-19(22(18)27)17-8-4-7-16(2)13-17/h4-5,7-10,13,20-21,23,31H,3,6,11-12,14-15H2,1-2H3,(H-,28,32,33)/p+1/t20-,21-,23-/m0/s1. The second-order valence-electron chi connectivity index (χ2n) is 9.35. The fraction of sp³-hybridized carbons (Fsp3) is 0.480. The lowest BCUT2D eigenvalue weighted by Crippen LogP contribution is -2.57. The van der Waals surface area contributed by atoms with E-state index < -0.39 is 46.0 Å². The van der Waals surface area contributed by atoms with Crippen LogP contribution in [0.2, 0.25) is 0 Å². The average Bonchev–Trinajstić information content (AvgIpc) is 3.07. The summed E-state index contributed by atoms with van der Waals surface area (Å²) in [4.78, 5) is 14.4. The summed E-state index contributed by atoms with van der Waals surface area (Å²) < 4.78 is 55.8. The number of aliphatic hydroxyl groups is 1. The number of hydrogen-bond donors (Lipinski definition) is 3. The van der Waals surface area contributed by atoms with E-state index in [1.807, 2.05) is 25.1 Å². The zero-order valence-electron chi connectivity index (χ0n) is 19.3. The molecule has 9 heteroatoms. The van der Waals surface area contributed by atoms with Crippen LogP contribution in [-0.4, -0.2) is 56.6 Å². The Balaban J connectivity index is 1.70. The summed E-state index contributed by atoms with van der Waals surface area (Å²) in [5, 5.41) is 10.6. The second-order valence-corrected chi connectivity index (χ2v) is 11.4. The van der Waals surface area contributed by atoms with Gasteiger partial charge in [-0.15, -0.1) is 4.72 Å². The van der Waals surface area contributed by atoms with Crippen LogP contribution in [0.25, 0.3) is 11.1 Å². The quantitative estimate of drug-likeness (QED) is 0.514. The molecule has 0 bridgehead atoms. The topological polar surface area (TPSA) is 89.9 Å². The lowest BCUT2D eigenvalue weighted by molar-refractivity contribution is -0.161. The van der Waals surface area contributed by atoms with Gasteiger partial charge in [-0.1, -0.05) is 48.0 Å². The minimum Gasteiger partial charge on any atom is -0.380 e. The Morgan fingerprint density at radius 3 is 2.59 bits per heavy atom. The summed E-state index contributed by atoms with van der Waals surface area (Å²) in [6.07, 6.45) is -0.445. The summed E-state index contributed by atoms with van der Waals surface area (Å²) in [7, 11) is -3.54. The highest BCUT2D eigenvalue weighted by Crippen LogP contribution is 2.37. The van der Waals surface area contributed by atoms with Gasteiger partial charge in [-0.05, 0) is 54.9 Å². The van der Waals surface area contributed by atoms with Gasteiger partial charge in [0.05, 0.1) is 12.6 Å². The number of hydrogen-bond acceptors (Lipinski definition) is 3. The lowest BCUT2D eigenvalue weighted by Gasteiger charge is -2.40. The number of carbonyl (C=O) groups is 1. The molecule has 0 spiro atoms. The maximum Gasteiger partial charge on any atom is 0.288 e. The summed E-state index contributed by atoms with van der Waals surface area (Å²) >= 11 is 0. The van der Waals surface area contributed by atoms with Crippen molar-refractivity contribution in [3.63, 3.8) is 0 Å². The monoisotopic (exact) mass is 493 g/mol. The molecule has 1 aliphatic carbocycles. The molecule has 2 fully saturated rings. The van der Waals surface area contributed by atoms with Crippen LogP contribution in [-0.2, 0) is 25.8 Å². The molecule has 6 nitrogen and oxygen atoms in total. The van der Waals surface area contributed by atoms with Crippen LogP contribution in [0.15, 0.2) is 42.5 Å². The van der Waals surface area contributed by atoms with Gasteiger partial charge in [0, 0.05) is 5.56 Å². The van der Waals surface area contributed by atoms with E-state index in [-0.39, 0.29) is 37.1 Å². The largest absolute Gasteiger partial charge is 0.380 e. The van der Waals surface area contributed by atoms with Gasteiger partial charge in [0.15, 0.2) is 5.75 Å². The number of rotatable bonds is 7. The predicted octanol–water partition coefficient (Wildman–Crippen LogP) is 3.67. The van der Waals surface area contributed by atoms with Gasteiger partial charge in [0.2, 0.25) is 0 Å². The van der Waals surface area contributed by atoms with Gasteiger partial charge < -0.3 is 10.0 Å². The zero-order chi connectivity index (χ0) is 24.7. The molecule has 1 saturated carbocycles. The van der Waals surface area contributed by atoms with Crippen molar-refractivity contribution >= 4 is 16.3 Å². The first-order valence-electron chi connectivity index (χ1n) is 11.6. The summed E-state index contributed by atoms with van der Waals surface area (Å²) in [6.45, 7) is 3.08. The maximum absolute atomic E-state index is 15.6. The highest BCUT2D eigenvalue weighted by atomic mass is 32.3. The number of nitrogens with zero attached hydrogens (tertiary/aromatic N) is 1. The van der Waals surface area contributed by atoms with Crippen molar-refractivity contribution in [2.45, 2.75) is 63.4 Å². The third kappa shape index (κ3) is 4.79. The van der Waals surface area contributed by atoms with E-state index in [1.165, 1.54) is 11.8 Å². The molecule has 2 aliphatic rings. The van der Waals surface area contributed by atoms with Crippen LogP contribution in [0.1, 0.15) is 37.3 Å². The number of alkyl halides is 1. The van der Waals surface area contributed by atoms with Crippen molar-refractivity contribution in [1.29, 1.82) is 0 Å². The molecule has 184 valence electrons. The Kier molecular flexibility index (Phi) is 6.92. The van der Waals surface area contributed by atoms with Crippen LogP contribution < -0.4 is 4.72 Å². The first kappa shape index (κ1) is 24.9. The third-order valence-corrected chi connectivity index (χ3v) is 8.39. The Labute approximate surface area is 199 Å². The van der Waals surface area contributed by atoms with Crippen LogP contribution >= 0.6 is 0 Å². The molecule has 4 rings (SSSR count). The summed E-state index contributed by atoms with van der Waals surface area (Å²) in [5.41, 5.74) is 0.773. The van der Waals surface area contributed by atoms with E-state index >= 15 is 8.78 Å². The molecule has 2 aromatic carbocycles. The highest BCUT2D eigenvalue weighted by molar-refractivity contribution is 7.95. The van der Waals surface area contributed by atoms with Crippen molar-refractivity contribution in [1.82, 2.24) is 9.62 Å². The number of nitrogens with one attached hydrogen (secondary N) is 1. The van der Waals surface area contributed by atoms with Crippen molar-refractivity contribution in [3.05, 3.63) is 59.4 Å². The molecule has 3 N–H and O–H groups in total. The number of amides is 1. The first-order valence-corrected chi connectivity index (χ1v) is 13.3. The van der Waals surface area contributed by atoms with E-state index in [4.69, 9.17) is 0 Å². The van der Waals surface area contributed by atoms with Crippen LogP contribution in [0.4, 0.5) is 8.78 Å². The van der Waals surface area contributed by atoms with Crippen LogP contribution in [0.5, 0.6) is 0 Å². The third-order valence-electron chi connectivity index (χ3n) is 6.96. The molecular formula is C25H31F2N2O4S+. The minimum atomic E-state index is -3.54. The molecule has 1 aliphatic heterocycles. The van der Waals surface area contributed by atoms with Gasteiger partial charge in [-0.25, -0.2) is 8.78 Å². The van der Waals surface area contributed by atoms with Gasteiger partial charge >= 0.3 is 0 Å². The Bertz CT molecular complexity index is 1120. The summed E-state index contributed by atoms with van der Waals surface area (Å²) in [6, 6.07) is 10.2. The zero-order valence-corrected chi connectivity index (χ0v) is 20.2. The van der Waals surface area contributed by atoms with E-state index in [9.17, 15) is 18.7 Å².